The predicted molar refractivity (Wildman–Crippen MR) is 248 cm³/mol. The second-order valence-electron chi connectivity index (χ2n) is 18.2. The Hall–Kier alpha value is -8.64. The average molecular weight is 907 g/mol. The van der Waals surface area contributed by atoms with Gasteiger partial charge < -0.3 is 60.5 Å². The summed E-state index contributed by atoms with van der Waals surface area (Å²) >= 11 is 0. The molecule has 0 spiro atoms. The topological polar surface area (TPSA) is 221 Å². The van der Waals surface area contributed by atoms with Crippen molar-refractivity contribution < 1.29 is 60.5 Å². The van der Waals surface area contributed by atoms with Gasteiger partial charge in [0.15, 0.2) is 0 Å². The molecule has 0 saturated heterocycles. The Morgan fingerprint density at radius 3 is 1.01 bits per heavy atom. The van der Waals surface area contributed by atoms with Gasteiger partial charge in [-0.2, -0.15) is 0 Å². The molecular formula is C56H42O12. The van der Waals surface area contributed by atoms with Gasteiger partial charge >= 0.3 is 0 Å². The lowest BCUT2D eigenvalue weighted by Gasteiger charge is -2.41. The van der Waals surface area contributed by atoms with Gasteiger partial charge in [0.1, 0.15) is 81.2 Å². The maximum atomic E-state index is 12.8. The van der Waals surface area contributed by atoms with E-state index in [0.29, 0.717) is 72.7 Å². The zero-order chi connectivity index (χ0) is 46.9. The van der Waals surface area contributed by atoms with E-state index in [1.54, 1.807) is 121 Å². The number of benzene rings is 8. The first-order chi connectivity index (χ1) is 32.8. The van der Waals surface area contributed by atoms with Crippen molar-refractivity contribution in [1.29, 1.82) is 0 Å². The molecule has 0 saturated carbocycles. The minimum absolute atomic E-state index is 0.0177. The second kappa shape index (κ2) is 14.9. The van der Waals surface area contributed by atoms with Crippen molar-refractivity contribution in [2.45, 2.75) is 47.7 Å². The highest BCUT2D eigenvalue weighted by Crippen LogP contribution is 2.74. The molecule has 0 fully saturated rings. The van der Waals surface area contributed by atoms with Gasteiger partial charge in [-0.15, -0.1) is 0 Å². The third-order valence-corrected chi connectivity index (χ3v) is 14.4. The lowest BCUT2D eigenvalue weighted by Crippen LogP contribution is -2.28. The Morgan fingerprint density at radius 2 is 0.603 bits per heavy atom. The van der Waals surface area contributed by atoms with Crippen LogP contribution in [-0.4, -0.2) is 51.1 Å². The Labute approximate surface area is 388 Å². The maximum absolute atomic E-state index is 12.8. The van der Waals surface area contributed by atoms with Crippen molar-refractivity contribution in [3.8, 4) is 69.0 Å². The number of fused-ring (bicyclic) bond motifs is 11. The first-order valence-corrected chi connectivity index (χ1v) is 22.2. The van der Waals surface area contributed by atoms with E-state index in [4.69, 9.17) is 9.47 Å². The summed E-state index contributed by atoms with van der Waals surface area (Å²) in [5, 5.41) is 112. The van der Waals surface area contributed by atoms with Crippen LogP contribution in [0.1, 0.15) is 114 Å². The molecule has 12 nitrogen and oxygen atoms in total. The van der Waals surface area contributed by atoms with E-state index in [0.717, 1.165) is 5.56 Å². The van der Waals surface area contributed by atoms with Crippen LogP contribution in [0.25, 0.3) is 0 Å². The van der Waals surface area contributed by atoms with Gasteiger partial charge in [0.2, 0.25) is 0 Å². The summed E-state index contributed by atoms with van der Waals surface area (Å²) in [6, 6.07) is 38.6. The normalized spacial score (nSPS) is 22.6. The molecule has 0 radical (unpaired) electrons. The third-order valence-electron chi connectivity index (χ3n) is 14.4. The number of hydrogen-bond acceptors (Lipinski definition) is 12. The molecule has 10 N–H and O–H groups in total. The SMILES string of the molecule is Oc1ccc(C2[C@H]3c4c(c(O)cc5c4[C@@H](c4cc(O)cc(O)c4)[C@H](c4ccc(O)cc4)O5)[C@@H](c4ccc(O)cc4)[C@@H]2c2c3c(O)cc3c2[C@@H](c2cc(O)cc(O)c2)[C@H](c2ccc(O)cc2)O3)cc1. The number of phenolic OH excluding ortho intramolecular Hbond substituents is 10. The summed E-state index contributed by atoms with van der Waals surface area (Å²) in [6.45, 7) is 0. The highest BCUT2D eigenvalue weighted by molar-refractivity contribution is 5.76. The van der Waals surface area contributed by atoms with Gasteiger partial charge in [-0.25, -0.2) is 0 Å². The van der Waals surface area contributed by atoms with Gasteiger partial charge in [0.05, 0.1) is 11.8 Å². The van der Waals surface area contributed by atoms with Gasteiger partial charge in [0, 0.05) is 70.2 Å². The highest BCUT2D eigenvalue weighted by atomic mass is 16.5. The minimum atomic E-state index is -0.813. The van der Waals surface area contributed by atoms with Crippen LogP contribution in [0.4, 0.5) is 0 Å². The van der Waals surface area contributed by atoms with E-state index < -0.39 is 47.7 Å². The fraction of sp³-hybridized carbons (Fsp3) is 0.143. The first kappa shape index (κ1) is 40.8. The van der Waals surface area contributed by atoms with E-state index in [9.17, 15) is 51.1 Å². The molecule has 68 heavy (non-hydrogen) atoms. The van der Waals surface area contributed by atoms with E-state index >= 15 is 0 Å². The second-order valence-corrected chi connectivity index (χ2v) is 18.2. The summed E-state index contributed by atoms with van der Waals surface area (Å²) in [7, 11) is 0. The lowest BCUT2D eigenvalue weighted by molar-refractivity contribution is 0.221. The van der Waals surface area contributed by atoms with Crippen molar-refractivity contribution in [1.82, 2.24) is 0 Å². The summed E-state index contributed by atoms with van der Waals surface area (Å²) in [6.07, 6.45) is -1.61. The van der Waals surface area contributed by atoms with Crippen LogP contribution in [0.5, 0.6) is 69.0 Å². The van der Waals surface area contributed by atoms with Crippen molar-refractivity contribution in [2.75, 3.05) is 0 Å². The average Bonchev–Trinajstić information content (AvgIpc) is 3.95. The third kappa shape index (κ3) is 6.20. The Kier molecular flexibility index (Phi) is 8.97. The van der Waals surface area contributed by atoms with Crippen LogP contribution in [0.2, 0.25) is 0 Å². The van der Waals surface area contributed by atoms with E-state index in [-0.39, 0.29) is 57.5 Å². The van der Waals surface area contributed by atoms with Crippen LogP contribution >= 0.6 is 0 Å². The Bertz CT molecular complexity index is 3290. The van der Waals surface area contributed by atoms with Gasteiger partial charge in [0.25, 0.3) is 0 Å². The number of phenols is 10. The van der Waals surface area contributed by atoms with Crippen LogP contribution in [0.3, 0.4) is 0 Å². The Morgan fingerprint density at radius 1 is 0.250 bits per heavy atom. The fourth-order valence-corrected chi connectivity index (χ4v) is 12.0. The molecule has 0 aromatic heterocycles. The quantitative estimate of drug-likeness (QED) is 0.0753. The van der Waals surface area contributed by atoms with Gasteiger partial charge in [-0.3, -0.25) is 0 Å². The van der Waals surface area contributed by atoms with Crippen molar-refractivity contribution in [3.63, 3.8) is 0 Å². The van der Waals surface area contributed by atoms with Crippen molar-refractivity contribution >= 4 is 0 Å². The molecule has 4 aliphatic rings. The molecule has 12 rings (SSSR count). The van der Waals surface area contributed by atoms with Crippen LogP contribution in [0.15, 0.2) is 146 Å². The lowest BCUT2D eigenvalue weighted by atomic mass is 9.60. The standard InChI is InChI=1S/C56H42O12/c57-31-9-1-25(2-10-31)43-47-39(65)23-41-49(45(29-17-35(61)21-36(62)18-29)55(67-41)27-5-13-33(59)14-6-27)53(47)52-44(26-3-11-32(58)12-4-26)51(43)54-48(52)40(66)24-42-50(54)46(30-19-37(63)22-38(64)20-30)56(68-42)28-7-15-34(60)16-8-28/h1-24,43-46,51-52,55-66H/t43-,44?,45-,46-,51+,52-,55+,56+/m1/s1. The maximum Gasteiger partial charge on any atom is 0.135 e. The fourth-order valence-electron chi connectivity index (χ4n) is 12.0. The molecular weight excluding hydrogens is 865 g/mol. The van der Waals surface area contributed by atoms with Crippen LogP contribution < -0.4 is 9.47 Å². The molecule has 2 bridgehead atoms. The zero-order valence-corrected chi connectivity index (χ0v) is 35.8. The zero-order valence-electron chi connectivity index (χ0n) is 35.8. The summed E-state index contributed by atoms with van der Waals surface area (Å²) < 4.78 is 13.8. The number of hydrogen-bond donors (Lipinski definition) is 10. The van der Waals surface area contributed by atoms with Crippen molar-refractivity contribution in [3.05, 3.63) is 212 Å². The molecule has 338 valence electrons. The number of aromatic hydroxyl groups is 10. The molecule has 2 aliphatic heterocycles. The van der Waals surface area contributed by atoms with E-state index in [1.165, 1.54) is 12.1 Å². The summed E-state index contributed by atoms with van der Waals surface area (Å²) in [4.78, 5) is 0. The molecule has 2 heterocycles. The summed E-state index contributed by atoms with van der Waals surface area (Å²) in [5.74, 6) is -4.30. The van der Waals surface area contributed by atoms with Crippen molar-refractivity contribution in [2.24, 2.45) is 0 Å². The van der Waals surface area contributed by atoms with E-state index in [1.807, 2.05) is 12.1 Å². The largest absolute Gasteiger partial charge is 0.508 e. The molecule has 2 aliphatic carbocycles. The first-order valence-electron chi connectivity index (χ1n) is 22.2. The molecule has 12 heteroatoms. The predicted octanol–water partition coefficient (Wildman–Crippen LogP) is 10.4. The Balaban J connectivity index is 1.21. The molecule has 1 unspecified atom stereocenters. The minimum Gasteiger partial charge on any atom is -0.508 e. The van der Waals surface area contributed by atoms with Crippen LogP contribution in [0, 0.1) is 0 Å². The molecule has 0 amide bonds. The number of rotatable bonds is 6. The van der Waals surface area contributed by atoms with E-state index in [2.05, 4.69) is 0 Å². The number of ether oxygens (including phenoxy) is 2. The van der Waals surface area contributed by atoms with Crippen LogP contribution in [-0.2, 0) is 0 Å². The highest BCUT2D eigenvalue weighted by Gasteiger charge is 2.59. The molecule has 8 atom stereocenters. The molecule has 8 aromatic carbocycles. The van der Waals surface area contributed by atoms with Gasteiger partial charge in [-0.05, 0) is 117 Å². The monoisotopic (exact) mass is 906 g/mol. The summed E-state index contributed by atoms with van der Waals surface area (Å²) in [5.41, 5.74) is 7.46. The van der Waals surface area contributed by atoms with Gasteiger partial charge in [-0.1, -0.05) is 48.5 Å². The smallest absolute Gasteiger partial charge is 0.135 e. The molecule has 8 aromatic rings.